The Balaban J connectivity index is 2.39. The van der Waals surface area contributed by atoms with Gasteiger partial charge in [0.25, 0.3) is 5.88 Å². The summed E-state index contributed by atoms with van der Waals surface area (Å²) in [6.07, 6.45) is 0.932. The molecule has 1 aromatic carbocycles. The fourth-order valence-electron chi connectivity index (χ4n) is 1.32. The molecule has 0 amide bonds. The van der Waals surface area contributed by atoms with Crippen LogP contribution in [-0.4, -0.2) is 9.97 Å². The standard InChI is InChI=1S/C12H9FN4O/c1-7-2-3-8(5-14)4-10(7)18-11-9(13)6-16-12(15)17-11/h2-4,6H,1H3,(H2,15,16,17). The number of rotatable bonds is 2. The van der Waals surface area contributed by atoms with Crippen molar-refractivity contribution in [2.45, 2.75) is 6.92 Å². The summed E-state index contributed by atoms with van der Waals surface area (Å²) in [5.74, 6) is -0.710. The molecule has 0 atom stereocenters. The molecular formula is C12H9FN4O. The van der Waals surface area contributed by atoms with Crippen molar-refractivity contribution < 1.29 is 9.13 Å². The molecule has 5 nitrogen and oxygen atoms in total. The molecule has 0 aliphatic rings. The molecular weight excluding hydrogens is 235 g/mol. The summed E-state index contributed by atoms with van der Waals surface area (Å²) >= 11 is 0. The largest absolute Gasteiger partial charge is 0.436 e. The van der Waals surface area contributed by atoms with Crippen molar-refractivity contribution in [2.24, 2.45) is 0 Å². The molecule has 1 aromatic heterocycles. The van der Waals surface area contributed by atoms with Crippen molar-refractivity contribution in [2.75, 3.05) is 5.73 Å². The molecule has 0 saturated heterocycles. The molecule has 0 fully saturated rings. The van der Waals surface area contributed by atoms with Gasteiger partial charge in [-0.3, -0.25) is 0 Å². The Bertz CT molecular complexity index is 636. The quantitative estimate of drug-likeness (QED) is 0.875. The topological polar surface area (TPSA) is 84.8 Å². The van der Waals surface area contributed by atoms with Gasteiger partial charge in [-0.05, 0) is 24.6 Å². The summed E-state index contributed by atoms with van der Waals surface area (Å²) in [6, 6.07) is 6.83. The van der Waals surface area contributed by atoms with E-state index in [1.54, 1.807) is 19.1 Å². The van der Waals surface area contributed by atoms with Gasteiger partial charge in [0.15, 0.2) is 0 Å². The summed E-state index contributed by atoms with van der Waals surface area (Å²) in [7, 11) is 0. The number of ether oxygens (including phenoxy) is 1. The van der Waals surface area contributed by atoms with E-state index >= 15 is 0 Å². The van der Waals surface area contributed by atoms with Crippen LogP contribution in [0.2, 0.25) is 0 Å². The zero-order chi connectivity index (χ0) is 13.1. The molecule has 0 unspecified atom stereocenters. The van der Waals surface area contributed by atoms with Gasteiger partial charge in [0.05, 0.1) is 17.8 Å². The lowest BCUT2D eigenvalue weighted by Crippen LogP contribution is -2.00. The lowest BCUT2D eigenvalue weighted by molar-refractivity contribution is 0.418. The summed E-state index contributed by atoms with van der Waals surface area (Å²) in [4.78, 5) is 7.15. The number of nitrogens with zero attached hydrogens (tertiary/aromatic N) is 3. The first-order chi connectivity index (χ1) is 8.60. The maximum Gasteiger partial charge on any atom is 0.260 e. The molecule has 0 aliphatic heterocycles. The van der Waals surface area contributed by atoms with Crippen LogP contribution >= 0.6 is 0 Å². The van der Waals surface area contributed by atoms with Crippen molar-refractivity contribution >= 4 is 5.95 Å². The van der Waals surface area contributed by atoms with E-state index < -0.39 is 5.82 Å². The van der Waals surface area contributed by atoms with Gasteiger partial charge in [-0.25, -0.2) is 4.98 Å². The van der Waals surface area contributed by atoms with Gasteiger partial charge in [-0.2, -0.15) is 14.6 Å². The maximum absolute atomic E-state index is 13.4. The molecule has 0 spiro atoms. The van der Waals surface area contributed by atoms with Gasteiger partial charge in [0.2, 0.25) is 11.8 Å². The van der Waals surface area contributed by atoms with E-state index in [-0.39, 0.29) is 11.8 Å². The van der Waals surface area contributed by atoms with Gasteiger partial charge in [-0.15, -0.1) is 0 Å². The predicted octanol–water partition coefficient (Wildman–Crippen LogP) is 2.17. The highest BCUT2D eigenvalue weighted by molar-refractivity contribution is 5.43. The van der Waals surface area contributed by atoms with Crippen LogP contribution in [0, 0.1) is 24.1 Å². The fourth-order valence-corrected chi connectivity index (χ4v) is 1.32. The number of aromatic nitrogens is 2. The van der Waals surface area contributed by atoms with E-state index in [1.165, 1.54) is 6.07 Å². The monoisotopic (exact) mass is 244 g/mol. The Kier molecular flexibility index (Phi) is 3.06. The maximum atomic E-state index is 13.4. The number of nitrogen functional groups attached to an aromatic ring is 1. The van der Waals surface area contributed by atoms with Crippen LogP contribution in [0.5, 0.6) is 11.6 Å². The third kappa shape index (κ3) is 2.35. The smallest absolute Gasteiger partial charge is 0.260 e. The number of benzene rings is 1. The van der Waals surface area contributed by atoms with E-state index in [2.05, 4.69) is 9.97 Å². The second-order valence-electron chi connectivity index (χ2n) is 3.58. The Morgan fingerprint density at radius 2 is 2.22 bits per heavy atom. The van der Waals surface area contributed by atoms with E-state index in [0.717, 1.165) is 11.8 Å². The lowest BCUT2D eigenvalue weighted by Gasteiger charge is -2.08. The summed E-state index contributed by atoms with van der Waals surface area (Å²) in [5.41, 5.74) is 6.52. The molecule has 2 rings (SSSR count). The van der Waals surface area contributed by atoms with Crippen LogP contribution in [0.3, 0.4) is 0 Å². The molecule has 1 heterocycles. The number of anilines is 1. The van der Waals surface area contributed by atoms with Gasteiger partial charge >= 0.3 is 0 Å². The number of aryl methyl sites for hydroxylation is 1. The van der Waals surface area contributed by atoms with Crippen molar-refractivity contribution in [3.8, 4) is 17.7 Å². The Morgan fingerprint density at radius 3 is 2.94 bits per heavy atom. The van der Waals surface area contributed by atoms with Crippen molar-refractivity contribution in [3.05, 3.63) is 41.3 Å². The zero-order valence-corrected chi connectivity index (χ0v) is 9.51. The molecule has 2 aromatic rings. The van der Waals surface area contributed by atoms with Gasteiger partial charge in [-0.1, -0.05) is 6.07 Å². The van der Waals surface area contributed by atoms with E-state index in [9.17, 15) is 4.39 Å². The molecule has 0 saturated carbocycles. The van der Waals surface area contributed by atoms with Gasteiger partial charge < -0.3 is 10.5 Å². The Hall–Kier alpha value is -2.68. The van der Waals surface area contributed by atoms with Crippen LogP contribution < -0.4 is 10.5 Å². The summed E-state index contributed by atoms with van der Waals surface area (Å²) in [5, 5.41) is 8.79. The van der Waals surface area contributed by atoms with Crippen molar-refractivity contribution in [3.63, 3.8) is 0 Å². The van der Waals surface area contributed by atoms with E-state index in [4.69, 9.17) is 15.7 Å². The van der Waals surface area contributed by atoms with Gasteiger partial charge in [0, 0.05) is 0 Å². The minimum Gasteiger partial charge on any atom is -0.436 e. The number of halogens is 1. The highest BCUT2D eigenvalue weighted by Crippen LogP contribution is 2.26. The fraction of sp³-hybridized carbons (Fsp3) is 0.0833. The van der Waals surface area contributed by atoms with Crippen LogP contribution in [-0.2, 0) is 0 Å². The third-order valence-corrected chi connectivity index (χ3v) is 2.25. The highest BCUT2D eigenvalue weighted by atomic mass is 19.1. The van der Waals surface area contributed by atoms with Crippen LogP contribution in [0.25, 0.3) is 0 Å². The first-order valence-corrected chi connectivity index (χ1v) is 5.07. The number of nitriles is 1. The molecule has 6 heteroatoms. The molecule has 18 heavy (non-hydrogen) atoms. The average Bonchev–Trinajstić information content (AvgIpc) is 2.36. The van der Waals surface area contributed by atoms with Crippen LogP contribution in [0.4, 0.5) is 10.3 Å². The Morgan fingerprint density at radius 1 is 1.44 bits per heavy atom. The first kappa shape index (κ1) is 11.8. The first-order valence-electron chi connectivity index (χ1n) is 5.07. The molecule has 0 bridgehead atoms. The summed E-state index contributed by atoms with van der Waals surface area (Å²) in [6.45, 7) is 1.78. The van der Waals surface area contributed by atoms with Gasteiger partial charge in [0.1, 0.15) is 5.75 Å². The minimum absolute atomic E-state index is 0.0829. The number of nitrogens with two attached hydrogens (primary N) is 1. The average molecular weight is 244 g/mol. The van der Waals surface area contributed by atoms with E-state index in [1.807, 2.05) is 6.07 Å². The third-order valence-electron chi connectivity index (χ3n) is 2.25. The molecule has 0 radical (unpaired) electrons. The van der Waals surface area contributed by atoms with Crippen LogP contribution in [0.1, 0.15) is 11.1 Å². The molecule has 90 valence electrons. The minimum atomic E-state index is -0.717. The second-order valence-corrected chi connectivity index (χ2v) is 3.58. The highest BCUT2D eigenvalue weighted by Gasteiger charge is 2.10. The van der Waals surface area contributed by atoms with E-state index in [0.29, 0.717) is 11.3 Å². The molecule has 2 N–H and O–H groups in total. The summed E-state index contributed by atoms with van der Waals surface area (Å²) < 4.78 is 18.7. The molecule has 0 aliphatic carbocycles. The Labute approximate surface area is 103 Å². The number of hydrogen-bond acceptors (Lipinski definition) is 5. The predicted molar refractivity (Wildman–Crippen MR) is 62.4 cm³/mol. The second kappa shape index (κ2) is 4.67. The number of hydrogen-bond donors (Lipinski definition) is 1. The lowest BCUT2D eigenvalue weighted by atomic mass is 10.1. The zero-order valence-electron chi connectivity index (χ0n) is 9.51. The van der Waals surface area contributed by atoms with Crippen molar-refractivity contribution in [1.82, 2.24) is 9.97 Å². The van der Waals surface area contributed by atoms with Crippen molar-refractivity contribution in [1.29, 1.82) is 5.26 Å². The van der Waals surface area contributed by atoms with Crippen LogP contribution in [0.15, 0.2) is 24.4 Å². The normalized spacial score (nSPS) is 9.83. The SMILES string of the molecule is Cc1ccc(C#N)cc1Oc1nc(N)ncc1F.